The van der Waals surface area contributed by atoms with Crippen LogP contribution in [0.2, 0.25) is 0 Å². The van der Waals surface area contributed by atoms with Crippen LogP contribution < -0.4 is 5.32 Å². The van der Waals surface area contributed by atoms with Crippen molar-refractivity contribution < 1.29 is 24.2 Å². The Labute approximate surface area is 115 Å². The molecule has 0 spiro atoms. The predicted molar refractivity (Wildman–Crippen MR) is 68.9 cm³/mol. The molecule has 0 aliphatic heterocycles. The van der Waals surface area contributed by atoms with E-state index in [0.29, 0.717) is 6.42 Å². The van der Waals surface area contributed by atoms with Crippen LogP contribution in [0, 0.1) is 17.7 Å². The number of halogens is 1. The Morgan fingerprint density at radius 2 is 2.10 bits per heavy atom. The molecule has 0 radical (unpaired) electrons. The van der Waals surface area contributed by atoms with Gasteiger partial charge in [-0.3, -0.25) is 9.59 Å². The number of aromatic hydroxyl groups is 1. The summed E-state index contributed by atoms with van der Waals surface area (Å²) in [6.07, 6.45) is 2.18. The first-order valence-electron chi connectivity index (χ1n) is 6.48. The fourth-order valence-corrected chi connectivity index (χ4v) is 2.61. The van der Waals surface area contributed by atoms with E-state index in [1.165, 1.54) is 12.1 Å². The summed E-state index contributed by atoms with van der Waals surface area (Å²) in [4.78, 5) is 22.8. The fourth-order valence-electron chi connectivity index (χ4n) is 2.61. The Kier molecular flexibility index (Phi) is 4.22. The number of hydrogen-bond acceptors (Lipinski definition) is 3. The van der Waals surface area contributed by atoms with E-state index in [1.807, 2.05) is 0 Å². The predicted octanol–water partition coefficient (Wildman–Crippen LogP) is 1.76. The number of hydrogen-bond donors (Lipinski definition) is 3. The van der Waals surface area contributed by atoms with Crippen LogP contribution in [-0.4, -0.2) is 28.6 Å². The zero-order valence-electron chi connectivity index (χ0n) is 10.8. The maximum atomic E-state index is 13.5. The third-order valence-electron chi connectivity index (χ3n) is 3.70. The van der Waals surface area contributed by atoms with Crippen LogP contribution in [0.3, 0.4) is 0 Å². The second-order valence-electron chi connectivity index (χ2n) is 5.01. The Bertz CT molecular complexity index is 532. The van der Waals surface area contributed by atoms with Crippen LogP contribution in [0.5, 0.6) is 5.75 Å². The molecule has 1 aliphatic rings. The summed E-state index contributed by atoms with van der Waals surface area (Å²) >= 11 is 0. The standard InChI is InChI=1S/C14H16FNO4/c15-12-6-9(17)4-5-11(12)13(18)16-7-8-2-1-3-10(8)14(19)20/h4-6,8,10,17H,1-3,7H2,(H,16,18)(H,19,20). The summed E-state index contributed by atoms with van der Waals surface area (Å²) in [5.74, 6) is -3.06. The average molecular weight is 281 g/mol. The molecular weight excluding hydrogens is 265 g/mol. The Hall–Kier alpha value is -2.11. The van der Waals surface area contributed by atoms with Gasteiger partial charge in [0.05, 0.1) is 11.5 Å². The van der Waals surface area contributed by atoms with Crippen LogP contribution in [0.25, 0.3) is 0 Å². The lowest BCUT2D eigenvalue weighted by Crippen LogP contribution is -2.33. The highest BCUT2D eigenvalue weighted by molar-refractivity contribution is 5.94. The van der Waals surface area contributed by atoms with E-state index < -0.39 is 23.6 Å². The van der Waals surface area contributed by atoms with Crippen molar-refractivity contribution in [3.05, 3.63) is 29.6 Å². The number of phenolic OH excluding ortho intramolecular Hbond substituents is 1. The average Bonchev–Trinajstić information content (AvgIpc) is 2.84. The third-order valence-corrected chi connectivity index (χ3v) is 3.70. The molecule has 1 aromatic rings. The number of carbonyl (C=O) groups excluding carboxylic acids is 1. The maximum Gasteiger partial charge on any atom is 0.306 e. The monoisotopic (exact) mass is 281 g/mol. The molecule has 2 unspecified atom stereocenters. The summed E-state index contributed by atoms with van der Waals surface area (Å²) in [5, 5.41) is 20.7. The van der Waals surface area contributed by atoms with Gasteiger partial charge in [-0.05, 0) is 30.9 Å². The van der Waals surface area contributed by atoms with Gasteiger partial charge in [0.25, 0.3) is 5.91 Å². The largest absolute Gasteiger partial charge is 0.508 e. The van der Waals surface area contributed by atoms with Crippen LogP contribution >= 0.6 is 0 Å². The number of carbonyl (C=O) groups is 2. The van der Waals surface area contributed by atoms with E-state index in [-0.39, 0.29) is 23.8 Å². The molecular formula is C14H16FNO4. The van der Waals surface area contributed by atoms with Crippen molar-refractivity contribution in [1.29, 1.82) is 0 Å². The summed E-state index contributed by atoms with van der Waals surface area (Å²) < 4.78 is 13.5. The van der Waals surface area contributed by atoms with Gasteiger partial charge in [-0.15, -0.1) is 0 Å². The zero-order chi connectivity index (χ0) is 14.7. The number of amides is 1. The molecule has 1 saturated carbocycles. The molecule has 3 N–H and O–H groups in total. The minimum Gasteiger partial charge on any atom is -0.508 e. The van der Waals surface area contributed by atoms with Gasteiger partial charge in [0.1, 0.15) is 11.6 Å². The van der Waals surface area contributed by atoms with Gasteiger partial charge in [0.2, 0.25) is 0 Å². The topological polar surface area (TPSA) is 86.6 Å². The molecule has 1 aromatic carbocycles. The molecule has 6 heteroatoms. The lowest BCUT2D eigenvalue weighted by molar-refractivity contribution is -0.142. The van der Waals surface area contributed by atoms with Crippen molar-refractivity contribution in [3.8, 4) is 5.75 Å². The Balaban J connectivity index is 1.97. The molecule has 20 heavy (non-hydrogen) atoms. The molecule has 0 heterocycles. The van der Waals surface area contributed by atoms with Gasteiger partial charge in [-0.2, -0.15) is 0 Å². The SMILES string of the molecule is O=C(NCC1CCCC1C(=O)O)c1ccc(O)cc1F. The van der Waals surface area contributed by atoms with E-state index in [0.717, 1.165) is 18.9 Å². The first-order valence-corrected chi connectivity index (χ1v) is 6.48. The number of carboxylic acid groups (broad SMARTS) is 1. The number of rotatable bonds is 4. The van der Waals surface area contributed by atoms with E-state index >= 15 is 0 Å². The van der Waals surface area contributed by atoms with Crippen molar-refractivity contribution in [1.82, 2.24) is 5.32 Å². The molecule has 2 atom stereocenters. The molecule has 108 valence electrons. The molecule has 2 rings (SSSR count). The number of carboxylic acids is 1. The normalized spacial score (nSPS) is 21.6. The number of aliphatic carboxylic acids is 1. The van der Waals surface area contributed by atoms with Gasteiger partial charge >= 0.3 is 5.97 Å². The van der Waals surface area contributed by atoms with Crippen molar-refractivity contribution in [2.45, 2.75) is 19.3 Å². The molecule has 1 fully saturated rings. The van der Waals surface area contributed by atoms with Crippen LogP contribution in [0.4, 0.5) is 4.39 Å². The minimum absolute atomic E-state index is 0.114. The second kappa shape index (κ2) is 5.90. The lowest BCUT2D eigenvalue weighted by Gasteiger charge is -2.16. The molecule has 5 nitrogen and oxygen atoms in total. The quantitative estimate of drug-likeness (QED) is 0.785. The zero-order valence-corrected chi connectivity index (χ0v) is 10.8. The number of benzene rings is 1. The molecule has 1 amide bonds. The summed E-state index contributed by atoms with van der Waals surface area (Å²) in [7, 11) is 0. The molecule has 0 saturated heterocycles. The molecule has 0 bridgehead atoms. The smallest absolute Gasteiger partial charge is 0.306 e. The highest BCUT2D eigenvalue weighted by Gasteiger charge is 2.33. The van der Waals surface area contributed by atoms with Crippen molar-refractivity contribution >= 4 is 11.9 Å². The molecule has 1 aliphatic carbocycles. The lowest BCUT2D eigenvalue weighted by atomic mass is 9.96. The number of phenols is 1. The fraction of sp³-hybridized carbons (Fsp3) is 0.429. The summed E-state index contributed by atoms with van der Waals surface area (Å²) in [5.41, 5.74) is -0.160. The third kappa shape index (κ3) is 3.07. The van der Waals surface area contributed by atoms with E-state index in [2.05, 4.69) is 5.32 Å². The van der Waals surface area contributed by atoms with Crippen LogP contribution in [0.1, 0.15) is 29.6 Å². The van der Waals surface area contributed by atoms with Gasteiger partial charge in [0, 0.05) is 12.6 Å². The molecule has 0 aromatic heterocycles. The van der Waals surface area contributed by atoms with Gasteiger partial charge in [0.15, 0.2) is 0 Å². The van der Waals surface area contributed by atoms with Crippen LogP contribution in [0.15, 0.2) is 18.2 Å². The van der Waals surface area contributed by atoms with Gasteiger partial charge in [-0.25, -0.2) is 4.39 Å². The van der Waals surface area contributed by atoms with E-state index in [1.54, 1.807) is 0 Å². The van der Waals surface area contributed by atoms with E-state index in [4.69, 9.17) is 10.2 Å². The van der Waals surface area contributed by atoms with Crippen molar-refractivity contribution in [2.24, 2.45) is 11.8 Å². The maximum absolute atomic E-state index is 13.5. The summed E-state index contributed by atoms with van der Waals surface area (Å²) in [6.45, 7) is 0.218. The van der Waals surface area contributed by atoms with Gasteiger partial charge in [-0.1, -0.05) is 6.42 Å². The van der Waals surface area contributed by atoms with E-state index in [9.17, 15) is 14.0 Å². The van der Waals surface area contributed by atoms with Crippen molar-refractivity contribution in [3.63, 3.8) is 0 Å². The van der Waals surface area contributed by atoms with Crippen LogP contribution in [-0.2, 0) is 4.79 Å². The second-order valence-corrected chi connectivity index (χ2v) is 5.01. The Morgan fingerprint density at radius 3 is 2.75 bits per heavy atom. The Morgan fingerprint density at radius 1 is 1.35 bits per heavy atom. The highest BCUT2D eigenvalue weighted by atomic mass is 19.1. The minimum atomic E-state index is -0.849. The van der Waals surface area contributed by atoms with Crippen molar-refractivity contribution in [2.75, 3.05) is 6.54 Å². The first-order chi connectivity index (χ1) is 9.49. The highest BCUT2D eigenvalue weighted by Crippen LogP contribution is 2.31. The first kappa shape index (κ1) is 14.3. The summed E-state index contributed by atoms with van der Waals surface area (Å²) in [6, 6.07) is 3.29. The number of nitrogens with one attached hydrogen (secondary N) is 1. The van der Waals surface area contributed by atoms with Gasteiger partial charge < -0.3 is 15.5 Å².